The third kappa shape index (κ3) is 5.47. The SMILES string of the molecule is CC(C)(C)c1cc(N2C=CN(c3cc(C(C)(C)C)cc(C(C)(C)C)c3O)C2)c(O)c(C(C)(C)C)c1. The lowest BCUT2D eigenvalue weighted by Gasteiger charge is -2.31. The van der Waals surface area contributed by atoms with E-state index in [1.165, 1.54) is 11.1 Å². The molecule has 2 aromatic carbocycles. The van der Waals surface area contributed by atoms with Gasteiger partial charge in [-0.05, 0) is 44.9 Å². The molecule has 4 heteroatoms. The Morgan fingerprint density at radius 2 is 0.829 bits per heavy atom. The summed E-state index contributed by atoms with van der Waals surface area (Å²) < 4.78 is 0. The van der Waals surface area contributed by atoms with E-state index in [1.54, 1.807) is 0 Å². The Bertz CT molecular complexity index is 1040. The van der Waals surface area contributed by atoms with Gasteiger partial charge in [-0.2, -0.15) is 0 Å². The van der Waals surface area contributed by atoms with E-state index >= 15 is 0 Å². The predicted molar refractivity (Wildman–Crippen MR) is 150 cm³/mol. The van der Waals surface area contributed by atoms with Gasteiger partial charge in [0, 0.05) is 23.5 Å². The van der Waals surface area contributed by atoms with E-state index in [2.05, 4.69) is 117 Å². The first-order chi connectivity index (χ1) is 15.7. The first-order valence-corrected chi connectivity index (χ1v) is 12.7. The minimum absolute atomic E-state index is 0.0491. The molecule has 2 aromatic rings. The number of aromatic hydroxyl groups is 2. The van der Waals surface area contributed by atoms with Crippen molar-refractivity contribution in [1.29, 1.82) is 0 Å². The van der Waals surface area contributed by atoms with Crippen LogP contribution >= 0.6 is 0 Å². The molecule has 0 fully saturated rings. The molecule has 3 rings (SSSR count). The van der Waals surface area contributed by atoms with Gasteiger partial charge in [0.2, 0.25) is 0 Å². The summed E-state index contributed by atoms with van der Waals surface area (Å²) in [5.74, 6) is 0.639. The molecule has 0 atom stereocenters. The molecule has 0 saturated heterocycles. The topological polar surface area (TPSA) is 46.9 Å². The van der Waals surface area contributed by atoms with Gasteiger partial charge in [-0.3, -0.25) is 0 Å². The second-order valence-corrected chi connectivity index (χ2v) is 14.2. The number of phenolic OH excluding ortho intramolecular Hbond substituents is 2. The van der Waals surface area contributed by atoms with Crippen molar-refractivity contribution < 1.29 is 10.2 Å². The lowest BCUT2D eigenvalue weighted by atomic mass is 9.79. The van der Waals surface area contributed by atoms with E-state index in [1.807, 2.05) is 12.4 Å². The largest absolute Gasteiger partial charge is 0.505 e. The normalized spacial score (nSPS) is 15.3. The van der Waals surface area contributed by atoms with Crippen molar-refractivity contribution in [3.63, 3.8) is 0 Å². The van der Waals surface area contributed by atoms with E-state index in [0.717, 1.165) is 22.5 Å². The Kier molecular flexibility index (Phi) is 6.55. The minimum atomic E-state index is -0.190. The average Bonchev–Trinajstić information content (AvgIpc) is 3.14. The van der Waals surface area contributed by atoms with Crippen LogP contribution in [-0.4, -0.2) is 16.9 Å². The van der Waals surface area contributed by atoms with E-state index in [0.29, 0.717) is 18.2 Å². The molecular weight excluding hydrogens is 432 g/mol. The Morgan fingerprint density at radius 3 is 1.09 bits per heavy atom. The van der Waals surface area contributed by atoms with Crippen LogP contribution in [-0.2, 0) is 21.7 Å². The highest BCUT2D eigenvalue weighted by atomic mass is 16.3. The molecule has 0 unspecified atom stereocenters. The lowest BCUT2D eigenvalue weighted by Crippen LogP contribution is -2.27. The summed E-state index contributed by atoms with van der Waals surface area (Å²) in [7, 11) is 0. The highest BCUT2D eigenvalue weighted by Gasteiger charge is 2.31. The fourth-order valence-corrected chi connectivity index (χ4v) is 4.42. The third-order valence-corrected chi connectivity index (χ3v) is 6.88. The number of nitrogens with zero attached hydrogens (tertiary/aromatic N) is 2. The summed E-state index contributed by atoms with van der Waals surface area (Å²) in [5.41, 5.74) is 5.38. The molecule has 1 aliphatic heterocycles. The highest BCUT2D eigenvalue weighted by molar-refractivity contribution is 5.72. The highest BCUT2D eigenvalue weighted by Crippen LogP contribution is 2.45. The number of hydrogen-bond acceptors (Lipinski definition) is 4. The number of hydrogen-bond donors (Lipinski definition) is 2. The van der Waals surface area contributed by atoms with Crippen LogP contribution in [0.25, 0.3) is 0 Å². The summed E-state index contributed by atoms with van der Waals surface area (Å²) in [6.45, 7) is 26.5. The monoisotopic (exact) mass is 478 g/mol. The minimum Gasteiger partial charge on any atom is -0.505 e. The van der Waals surface area contributed by atoms with Crippen LogP contribution in [0.2, 0.25) is 0 Å². The van der Waals surface area contributed by atoms with Gasteiger partial charge in [0.1, 0.15) is 11.5 Å². The Balaban J connectivity index is 2.10. The lowest BCUT2D eigenvalue weighted by molar-refractivity contribution is 0.444. The van der Waals surface area contributed by atoms with E-state index < -0.39 is 0 Å². The Labute approximate surface area is 213 Å². The average molecular weight is 479 g/mol. The maximum atomic E-state index is 11.3. The van der Waals surface area contributed by atoms with Gasteiger partial charge in [0.25, 0.3) is 0 Å². The fourth-order valence-electron chi connectivity index (χ4n) is 4.42. The van der Waals surface area contributed by atoms with Crippen LogP contribution in [0.1, 0.15) is 105 Å². The molecule has 0 saturated carbocycles. The van der Waals surface area contributed by atoms with Gasteiger partial charge in [-0.15, -0.1) is 0 Å². The van der Waals surface area contributed by atoms with Gasteiger partial charge < -0.3 is 20.0 Å². The smallest absolute Gasteiger partial charge is 0.143 e. The molecule has 35 heavy (non-hydrogen) atoms. The van der Waals surface area contributed by atoms with Gasteiger partial charge in [-0.1, -0.05) is 95.2 Å². The Hall–Kier alpha value is -2.62. The van der Waals surface area contributed by atoms with Crippen LogP contribution in [0, 0.1) is 0 Å². The summed E-state index contributed by atoms with van der Waals surface area (Å²) in [4.78, 5) is 4.14. The summed E-state index contributed by atoms with van der Waals surface area (Å²) in [6.07, 6.45) is 3.99. The molecule has 0 spiro atoms. The molecular formula is C31H46N2O2. The molecule has 1 heterocycles. The van der Waals surface area contributed by atoms with Crippen molar-refractivity contribution in [3.8, 4) is 11.5 Å². The molecule has 0 radical (unpaired) electrons. The van der Waals surface area contributed by atoms with Gasteiger partial charge in [0.15, 0.2) is 0 Å². The van der Waals surface area contributed by atoms with Crippen molar-refractivity contribution >= 4 is 11.4 Å². The first kappa shape index (κ1) is 27.0. The van der Waals surface area contributed by atoms with Gasteiger partial charge in [-0.25, -0.2) is 0 Å². The number of benzene rings is 2. The maximum Gasteiger partial charge on any atom is 0.143 e. The van der Waals surface area contributed by atoms with Gasteiger partial charge in [0.05, 0.1) is 18.0 Å². The predicted octanol–water partition coefficient (Wildman–Crippen LogP) is 8.04. The second-order valence-electron chi connectivity index (χ2n) is 14.2. The van der Waals surface area contributed by atoms with Crippen molar-refractivity contribution in [3.05, 3.63) is 58.9 Å². The molecule has 0 aromatic heterocycles. The standard InChI is InChI=1S/C31H46N2O2/c1-28(2,3)20-15-22(30(7,8)9)26(34)24(17-20)32-13-14-33(19-32)25-18-21(29(4,5)6)16-23(27(25)35)31(10,11)12/h13-18,34-35H,19H2,1-12H3. The molecule has 0 bridgehead atoms. The number of anilines is 2. The molecule has 4 nitrogen and oxygen atoms in total. The number of rotatable bonds is 2. The summed E-state index contributed by atoms with van der Waals surface area (Å²) in [5, 5.41) is 22.7. The van der Waals surface area contributed by atoms with Crippen molar-refractivity contribution in [2.45, 2.75) is 105 Å². The first-order valence-electron chi connectivity index (χ1n) is 12.7. The molecule has 192 valence electrons. The third-order valence-electron chi connectivity index (χ3n) is 6.88. The maximum absolute atomic E-state index is 11.3. The zero-order valence-electron chi connectivity index (χ0n) is 24.0. The fraction of sp³-hybridized carbons (Fsp3) is 0.548. The molecule has 1 aliphatic rings. The zero-order chi connectivity index (χ0) is 26.7. The number of phenols is 2. The van der Waals surface area contributed by atoms with E-state index in [4.69, 9.17) is 0 Å². The second kappa shape index (κ2) is 8.50. The van der Waals surface area contributed by atoms with Crippen LogP contribution in [0.4, 0.5) is 11.4 Å². The van der Waals surface area contributed by atoms with Crippen molar-refractivity contribution in [1.82, 2.24) is 0 Å². The van der Waals surface area contributed by atoms with Crippen LogP contribution in [0.3, 0.4) is 0 Å². The summed E-state index contributed by atoms with van der Waals surface area (Å²) in [6, 6.07) is 8.49. The van der Waals surface area contributed by atoms with Crippen LogP contribution < -0.4 is 9.80 Å². The van der Waals surface area contributed by atoms with Crippen molar-refractivity contribution in [2.24, 2.45) is 0 Å². The molecule has 0 aliphatic carbocycles. The van der Waals surface area contributed by atoms with Crippen molar-refractivity contribution in [2.75, 3.05) is 16.5 Å². The quantitative estimate of drug-likeness (QED) is 0.458. The summed E-state index contributed by atoms with van der Waals surface area (Å²) >= 11 is 0. The van der Waals surface area contributed by atoms with Crippen LogP contribution in [0.15, 0.2) is 36.7 Å². The molecule has 0 amide bonds. The zero-order valence-corrected chi connectivity index (χ0v) is 24.0. The Morgan fingerprint density at radius 1 is 0.514 bits per heavy atom. The van der Waals surface area contributed by atoms with Crippen LogP contribution in [0.5, 0.6) is 11.5 Å². The van der Waals surface area contributed by atoms with E-state index in [9.17, 15) is 10.2 Å². The van der Waals surface area contributed by atoms with E-state index in [-0.39, 0.29) is 21.7 Å². The molecule has 2 N–H and O–H groups in total. The van der Waals surface area contributed by atoms with Gasteiger partial charge >= 0.3 is 0 Å².